The summed E-state index contributed by atoms with van der Waals surface area (Å²) in [6, 6.07) is 0.140. The van der Waals surface area contributed by atoms with Gasteiger partial charge in [0.05, 0.1) is 6.54 Å². The summed E-state index contributed by atoms with van der Waals surface area (Å²) < 4.78 is 0. The van der Waals surface area contributed by atoms with Crippen LogP contribution in [0.25, 0.3) is 0 Å². The van der Waals surface area contributed by atoms with Crippen LogP contribution in [0, 0.1) is 5.92 Å². The maximum atomic E-state index is 12.0. The van der Waals surface area contributed by atoms with E-state index in [-0.39, 0.29) is 24.4 Å². The van der Waals surface area contributed by atoms with Crippen molar-refractivity contribution in [2.75, 3.05) is 26.2 Å². The average molecular weight is 239 g/mol. The number of carbonyl (C=O) groups is 2. The number of hydrogen-bond donors (Lipinski definition) is 1. The van der Waals surface area contributed by atoms with E-state index in [1.54, 1.807) is 4.90 Å². The molecule has 5 heteroatoms. The van der Waals surface area contributed by atoms with Gasteiger partial charge in [-0.15, -0.1) is 0 Å². The monoisotopic (exact) mass is 239 g/mol. The summed E-state index contributed by atoms with van der Waals surface area (Å²) in [5.74, 6) is 0.595. The van der Waals surface area contributed by atoms with E-state index in [1.807, 2.05) is 11.8 Å². The lowest BCUT2D eigenvalue weighted by atomic mass is 10.0. The van der Waals surface area contributed by atoms with Crippen molar-refractivity contribution in [3.05, 3.63) is 0 Å². The first-order valence-electron chi connectivity index (χ1n) is 6.39. The predicted octanol–water partition coefficient (Wildman–Crippen LogP) is -0.195. The summed E-state index contributed by atoms with van der Waals surface area (Å²) in [4.78, 5) is 27.0. The molecule has 2 aliphatic rings. The van der Waals surface area contributed by atoms with Gasteiger partial charge in [0.25, 0.3) is 0 Å². The van der Waals surface area contributed by atoms with E-state index >= 15 is 0 Å². The third kappa shape index (κ3) is 2.77. The SMILES string of the molecule is CC(N)C1CCN(C(=O)CN2CCCC2=O)C1. The average Bonchev–Trinajstić information content (AvgIpc) is 2.88. The van der Waals surface area contributed by atoms with Gasteiger partial charge in [0.2, 0.25) is 11.8 Å². The second-order valence-electron chi connectivity index (χ2n) is 5.17. The number of amides is 2. The molecule has 0 aromatic heterocycles. The maximum absolute atomic E-state index is 12.0. The first kappa shape index (κ1) is 12.4. The van der Waals surface area contributed by atoms with Gasteiger partial charge in [0.15, 0.2) is 0 Å². The lowest BCUT2D eigenvalue weighted by molar-refractivity contribution is -0.137. The minimum atomic E-state index is 0.0726. The largest absolute Gasteiger partial charge is 0.341 e. The van der Waals surface area contributed by atoms with Crippen molar-refractivity contribution in [2.45, 2.75) is 32.2 Å². The van der Waals surface area contributed by atoms with Crippen LogP contribution in [0.4, 0.5) is 0 Å². The van der Waals surface area contributed by atoms with E-state index < -0.39 is 0 Å². The van der Waals surface area contributed by atoms with Gasteiger partial charge >= 0.3 is 0 Å². The van der Waals surface area contributed by atoms with Crippen LogP contribution < -0.4 is 5.73 Å². The van der Waals surface area contributed by atoms with Crippen LogP contribution in [0.3, 0.4) is 0 Å². The van der Waals surface area contributed by atoms with Crippen LogP contribution in [0.1, 0.15) is 26.2 Å². The maximum Gasteiger partial charge on any atom is 0.242 e. The van der Waals surface area contributed by atoms with Crippen molar-refractivity contribution in [2.24, 2.45) is 11.7 Å². The molecular formula is C12H21N3O2. The van der Waals surface area contributed by atoms with E-state index in [0.717, 1.165) is 32.5 Å². The molecule has 5 nitrogen and oxygen atoms in total. The summed E-state index contributed by atoms with van der Waals surface area (Å²) in [5, 5.41) is 0. The molecule has 17 heavy (non-hydrogen) atoms. The van der Waals surface area contributed by atoms with Crippen molar-refractivity contribution in [3.8, 4) is 0 Å². The molecule has 0 aliphatic carbocycles. The van der Waals surface area contributed by atoms with Crippen molar-refractivity contribution in [3.63, 3.8) is 0 Å². The smallest absolute Gasteiger partial charge is 0.242 e. The molecule has 2 rings (SSSR count). The minimum Gasteiger partial charge on any atom is -0.341 e. The summed E-state index contributed by atoms with van der Waals surface area (Å²) in [6.45, 7) is 4.51. The van der Waals surface area contributed by atoms with Crippen LogP contribution >= 0.6 is 0 Å². The van der Waals surface area contributed by atoms with Crippen LogP contribution in [0.5, 0.6) is 0 Å². The molecule has 96 valence electrons. The molecule has 2 unspecified atom stereocenters. The predicted molar refractivity (Wildman–Crippen MR) is 64.2 cm³/mol. The highest BCUT2D eigenvalue weighted by Gasteiger charge is 2.30. The minimum absolute atomic E-state index is 0.0726. The molecule has 2 aliphatic heterocycles. The van der Waals surface area contributed by atoms with Gasteiger partial charge in [-0.25, -0.2) is 0 Å². The summed E-state index contributed by atoms with van der Waals surface area (Å²) >= 11 is 0. The second kappa shape index (κ2) is 5.04. The van der Waals surface area contributed by atoms with Gasteiger partial charge in [0.1, 0.15) is 0 Å². The third-order valence-electron chi connectivity index (χ3n) is 3.82. The molecular weight excluding hydrogens is 218 g/mol. The van der Waals surface area contributed by atoms with Crippen molar-refractivity contribution in [1.82, 2.24) is 9.80 Å². The molecule has 0 spiro atoms. The highest BCUT2D eigenvalue weighted by molar-refractivity contribution is 5.86. The summed E-state index contributed by atoms with van der Waals surface area (Å²) in [7, 11) is 0. The fourth-order valence-corrected chi connectivity index (χ4v) is 2.58. The molecule has 2 fully saturated rings. The van der Waals surface area contributed by atoms with Gasteiger partial charge in [-0.3, -0.25) is 9.59 Å². The zero-order valence-electron chi connectivity index (χ0n) is 10.4. The quantitative estimate of drug-likeness (QED) is 0.742. The summed E-state index contributed by atoms with van der Waals surface area (Å²) in [6.07, 6.45) is 2.46. The van der Waals surface area contributed by atoms with Crippen LogP contribution in [-0.4, -0.2) is 53.8 Å². The van der Waals surface area contributed by atoms with Gasteiger partial charge < -0.3 is 15.5 Å². The van der Waals surface area contributed by atoms with Crippen LogP contribution in [-0.2, 0) is 9.59 Å². The zero-order chi connectivity index (χ0) is 12.4. The topological polar surface area (TPSA) is 66.6 Å². The van der Waals surface area contributed by atoms with Crippen LogP contribution in [0.15, 0.2) is 0 Å². The van der Waals surface area contributed by atoms with Gasteiger partial charge in [0, 0.05) is 32.1 Å². The number of nitrogens with zero attached hydrogens (tertiary/aromatic N) is 2. The molecule has 0 radical (unpaired) electrons. The van der Waals surface area contributed by atoms with Crippen molar-refractivity contribution < 1.29 is 9.59 Å². The van der Waals surface area contributed by atoms with E-state index in [4.69, 9.17) is 5.73 Å². The highest BCUT2D eigenvalue weighted by atomic mass is 16.2. The molecule has 2 heterocycles. The Morgan fingerprint density at radius 2 is 2.29 bits per heavy atom. The Morgan fingerprint density at radius 3 is 2.82 bits per heavy atom. The molecule has 0 aromatic rings. The molecule has 2 amide bonds. The number of likely N-dealkylation sites (tertiary alicyclic amines) is 2. The second-order valence-corrected chi connectivity index (χ2v) is 5.17. The molecule has 2 N–H and O–H groups in total. The molecule has 0 aromatic carbocycles. The highest BCUT2D eigenvalue weighted by Crippen LogP contribution is 2.19. The third-order valence-corrected chi connectivity index (χ3v) is 3.82. The van der Waals surface area contributed by atoms with Crippen LogP contribution in [0.2, 0.25) is 0 Å². The standard InChI is InChI=1S/C12H21N3O2/c1-9(13)10-4-6-15(7-10)12(17)8-14-5-2-3-11(14)16/h9-10H,2-8,13H2,1H3. The van der Waals surface area contributed by atoms with Gasteiger partial charge in [-0.1, -0.05) is 0 Å². The Balaban J connectivity index is 1.83. The Labute approximate surface area is 102 Å². The Hall–Kier alpha value is -1.10. The van der Waals surface area contributed by atoms with Crippen molar-refractivity contribution in [1.29, 1.82) is 0 Å². The molecule has 0 saturated carbocycles. The fraction of sp³-hybridized carbons (Fsp3) is 0.833. The van der Waals surface area contributed by atoms with Gasteiger partial charge in [-0.05, 0) is 25.7 Å². The fourth-order valence-electron chi connectivity index (χ4n) is 2.58. The Kier molecular flexibility index (Phi) is 3.66. The van der Waals surface area contributed by atoms with E-state index in [1.165, 1.54) is 0 Å². The number of nitrogens with two attached hydrogens (primary N) is 1. The Morgan fingerprint density at radius 1 is 1.53 bits per heavy atom. The van der Waals surface area contributed by atoms with E-state index in [9.17, 15) is 9.59 Å². The number of rotatable bonds is 3. The normalized spacial score (nSPS) is 26.7. The van der Waals surface area contributed by atoms with E-state index in [0.29, 0.717) is 12.3 Å². The number of carbonyl (C=O) groups excluding carboxylic acids is 2. The molecule has 2 atom stereocenters. The molecule has 2 saturated heterocycles. The lowest BCUT2D eigenvalue weighted by Crippen LogP contribution is -2.40. The zero-order valence-corrected chi connectivity index (χ0v) is 10.4. The first-order chi connectivity index (χ1) is 8.08. The molecule has 0 bridgehead atoms. The van der Waals surface area contributed by atoms with E-state index in [2.05, 4.69) is 0 Å². The summed E-state index contributed by atoms with van der Waals surface area (Å²) in [5.41, 5.74) is 5.84. The lowest BCUT2D eigenvalue weighted by Gasteiger charge is -2.21. The van der Waals surface area contributed by atoms with Crippen molar-refractivity contribution >= 4 is 11.8 Å². The van der Waals surface area contributed by atoms with Gasteiger partial charge in [-0.2, -0.15) is 0 Å². The number of hydrogen-bond acceptors (Lipinski definition) is 3. The Bertz CT molecular complexity index is 317. The first-order valence-corrected chi connectivity index (χ1v) is 6.39.